The molecule has 5 N–H and O–H groups in total. The van der Waals surface area contributed by atoms with Gasteiger partial charge in [-0.1, -0.05) is 0 Å². The maximum absolute atomic E-state index is 10.4. The topological polar surface area (TPSA) is 106 Å². The smallest absolute Gasteiger partial charge is 0.157 e. The average Bonchev–Trinajstić information content (AvgIpc) is 2.51. The van der Waals surface area contributed by atoms with Crippen molar-refractivity contribution >= 4 is 0 Å². The Bertz CT molecular complexity index is 731. The molecule has 0 amide bonds. The van der Waals surface area contributed by atoms with E-state index >= 15 is 0 Å². The highest BCUT2D eigenvalue weighted by molar-refractivity contribution is 5.54. The van der Waals surface area contributed by atoms with Crippen molar-refractivity contribution < 1.29 is 20.4 Å². The fourth-order valence-electron chi connectivity index (χ4n) is 2.94. The second-order valence-electron chi connectivity index (χ2n) is 5.47. The minimum atomic E-state index is -0.376. The Morgan fingerprint density at radius 1 is 1.23 bits per heavy atom. The van der Waals surface area contributed by atoms with Crippen LogP contribution in [0.2, 0.25) is 0 Å². The van der Waals surface area contributed by atoms with Gasteiger partial charge in [-0.15, -0.1) is 0 Å². The van der Waals surface area contributed by atoms with Gasteiger partial charge in [-0.3, -0.25) is 4.98 Å². The van der Waals surface area contributed by atoms with Crippen LogP contribution in [0.1, 0.15) is 34.0 Å². The Kier molecular flexibility index (Phi) is 3.64. The van der Waals surface area contributed by atoms with E-state index in [1.54, 1.807) is 19.2 Å². The number of aliphatic hydroxyl groups is 1. The van der Waals surface area contributed by atoms with Crippen LogP contribution in [-0.4, -0.2) is 32.0 Å². The van der Waals surface area contributed by atoms with E-state index in [1.165, 1.54) is 6.07 Å². The number of aromatic hydroxyl groups is 3. The first kappa shape index (κ1) is 14.6. The molecule has 116 valence electrons. The van der Waals surface area contributed by atoms with Gasteiger partial charge in [-0.05, 0) is 36.6 Å². The van der Waals surface area contributed by atoms with Gasteiger partial charge in [0.1, 0.15) is 5.75 Å². The van der Waals surface area contributed by atoms with Crippen LogP contribution >= 0.6 is 0 Å². The summed E-state index contributed by atoms with van der Waals surface area (Å²) in [7, 11) is 0. The number of aryl methyl sites for hydroxylation is 1. The zero-order valence-electron chi connectivity index (χ0n) is 12.2. The lowest BCUT2D eigenvalue weighted by Crippen LogP contribution is -2.31. The molecular weight excluding hydrogens is 284 g/mol. The summed E-state index contributed by atoms with van der Waals surface area (Å²) in [6.45, 7) is 2.11. The number of fused-ring (bicyclic) bond motifs is 1. The van der Waals surface area contributed by atoms with Crippen LogP contribution in [0.4, 0.5) is 0 Å². The molecule has 1 atom stereocenters. The summed E-state index contributed by atoms with van der Waals surface area (Å²) >= 11 is 0. The fraction of sp³-hybridized carbons (Fsp3) is 0.312. The van der Waals surface area contributed by atoms with Crippen LogP contribution in [0.5, 0.6) is 17.2 Å². The molecule has 6 nitrogen and oxygen atoms in total. The molecule has 2 aromatic rings. The molecule has 22 heavy (non-hydrogen) atoms. The standard InChI is InChI=1S/C16H18N2O4/c1-8-16(22)14(10(7-19)6-18-8)15-11-5-13(21)12(20)4-9(11)2-3-17-15/h4-6,15,17,19-22H,2-3,7H2,1H3. The molecule has 1 aliphatic heterocycles. The zero-order chi connectivity index (χ0) is 15.9. The first-order valence-corrected chi connectivity index (χ1v) is 7.09. The van der Waals surface area contributed by atoms with E-state index in [-0.39, 0.29) is 29.9 Å². The monoisotopic (exact) mass is 302 g/mol. The molecular formula is C16H18N2O4. The van der Waals surface area contributed by atoms with Gasteiger partial charge in [-0.25, -0.2) is 0 Å². The summed E-state index contributed by atoms with van der Waals surface area (Å²) in [5, 5.41) is 42.7. The van der Waals surface area contributed by atoms with Crippen LogP contribution in [0.3, 0.4) is 0 Å². The predicted octanol–water partition coefficient (Wildman–Crippen LogP) is 1.23. The predicted molar refractivity (Wildman–Crippen MR) is 79.9 cm³/mol. The van der Waals surface area contributed by atoms with Crippen molar-refractivity contribution in [2.75, 3.05) is 6.54 Å². The second kappa shape index (κ2) is 5.47. The first-order valence-electron chi connectivity index (χ1n) is 7.09. The SMILES string of the molecule is Cc1ncc(CO)c(C2NCCc3cc(O)c(O)cc32)c1O. The van der Waals surface area contributed by atoms with E-state index < -0.39 is 0 Å². The van der Waals surface area contributed by atoms with Gasteiger partial charge < -0.3 is 25.7 Å². The van der Waals surface area contributed by atoms with E-state index in [4.69, 9.17) is 0 Å². The van der Waals surface area contributed by atoms with E-state index in [9.17, 15) is 20.4 Å². The van der Waals surface area contributed by atoms with Gasteiger partial charge in [0.15, 0.2) is 11.5 Å². The lowest BCUT2D eigenvalue weighted by Gasteiger charge is -2.29. The molecule has 0 spiro atoms. The summed E-state index contributed by atoms with van der Waals surface area (Å²) in [6.07, 6.45) is 2.25. The zero-order valence-corrected chi connectivity index (χ0v) is 12.2. The van der Waals surface area contributed by atoms with Crippen molar-refractivity contribution in [2.45, 2.75) is 26.0 Å². The number of hydrogen-bond acceptors (Lipinski definition) is 6. The number of rotatable bonds is 2. The minimum absolute atomic E-state index is 0.0319. The lowest BCUT2D eigenvalue weighted by molar-refractivity contribution is 0.277. The molecule has 3 rings (SSSR count). The van der Waals surface area contributed by atoms with Crippen LogP contribution in [0.25, 0.3) is 0 Å². The molecule has 1 aromatic heterocycles. The Morgan fingerprint density at radius 3 is 2.68 bits per heavy atom. The summed E-state index contributed by atoms with van der Waals surface area (Å²) < 4.78 is 0. The van der Waals surface area contributed by atoms with Crippen molar-refractivity contribution in [1.82, 2.24) is 10.3 Å². The van der Waals surface area contributed by atoms with Gasteiger partial charge >= 0.3 is 0 Å². The minimum Gasteiger partial charge on any atom is -0.506 e. The molecule has 0 radical (unpaired) electrons. The molecule has 6 heteroatoms. The second-order valence-corrected chi connectivity index (χ2v) is 5.47. The van der Waals surface area contributed by atoms with Crippen LogP contribution < -0.4 is 5.32 Å². The van der Waals surface area contributed by atoms with E-state index in [0.717, 1.165) is 11.1 Å². The van der Waals surface area contributed by atoms with Crippen molar-refractivity contribution in [1.29, 1.82) is 0 Å². The third-order valence-corrected chi connectivity index (χ3v) is 4.11. The maximum Gasteiger partial charge on any atom is 0.157 e. The highest BCUT2D eigenvalue weighted by Gasteiger charge is 2.28. The number of hydrogen-bond donors (Lipinski definition) is 5. The number of phenolic OH excluding ortho intramolecular Hbond substituents is 2. The summed E-state index contributed by atoms with van der Waals surface area (Å²) in [6, 6.07) is 2.67. The lowest BCUT2D eigenvalue weighted by atomic mass is 9.87. The van der Waals surface area contributed by atoms with E-state index in [1.807, 2.05) is 0 Å². The van der Waals surface area contributed by atoms with E-state index in [2.05, 4.69) is 10.3 Å². The average molecular weight is 302 g/mol. The highest BCUT2D eigenvalue weighted by Crippen LogP contribution is 2.40. The van der Waals surface area contributed by atoms with Gasteiger partial charge in [0.2, 0.25) is 0 Å². The fourth-order valence-corrected chi connectivity index (χ4v) is 2.94. The molecule has 0 bridgehead atoms. The van der Waals surface area contributed by atoms with Gasteiger partial charge in [0, 0.05) is 23.9 Å². The van der Waals surface area contributed by atoms with Crippen molar-refractivity contribution in [2.24, 2.45) is 0 Å². The number of aliphatic hydroxyl groups excluding tert-OH is 1. The van der Waals surface area contributed by atoms with Gasteiger partial charge in [0.25, 0.3) is 0 Å². The number of aromatic nitrogens is 1. The molecule has 0 saturated carbocycles. The summed E-state index contributed by atoms with van der Waals surface area (Å²) in [4.78, 5) is 4.07. The van der Waals surface area contributed by atoms with Crippen LogP contribution in [0, 0.1) is 6.92 Å². The number of phenols is 2. The third-order valence-electron chi connectivity index (χ3n) is 4.11. The number of benzene rings is 1. The first-order chi connectivity index (χ1) is 10.5. The summed E-state index contributed by atoms with van der Waals surface area (Å²) in [5.41, 5.74) is 3.24. The molecule has 0 aliphatic carbocycles. The number of pyridine rings is 1. The maximum atomic E-state index is 10.4. The number of nitrogens with zero attached hydrogens (tertiary/aromatic N) is 1. The van der Waals surface area contributed by atoms with Gasteiger partial charge in [0.05, 0.1) is 18.3 Å². The van der Waals surface area contributed by atoms with E-state index in [0.29, 0.717) is 29.8 Å². The van der Waals surface area contributed by atoms with Crippen LogP contribution in [0.15, 0.2) is 18.3 Å². The summed E-state index contributed by atoms with van der Waals surface area (Å²) in [5.74, 6) is -0.329. The molecule has 1 aromatic carbocycles. The quantitative estimate of drug-likeness (QED) is 0.534. The van der Waals surface area contributed by atoms with Crippen LogP contribution in [-0.2, 0) is 13.0 Å². The Balaban J connectivity index is 2.20. The van der Waals surface area contributed by atoms with Crippen molar-refractivity contribution in [3.05, 3.63) is 46.3 Å². The van der Waals surface area contributed by atoms with Gasteiger partial charge in [-0.2, -0.15) is 0 Å². The molecule has 1 aliphatic rings. The molecule has 0 fully saturated rings. The largest absolute Gasteiger partial charge is 0.506 e. The molecule has 1 unspecified atom stereocenters. The number of nitrogens with one attached hydrogen (secondary N) is 1. The molecule has 0 saturated heterocycles. The Hall–Kier alpha value is -2.31. The normalized spacial score (nSPS) is 17.3. The van der Waals surface area contributed by atoms with Crippen molar-refractivity contribution in [3.8, 4) is 17.2 Å². The Morgan fingerprint density at radius 2 is 1.95 bits per heavy atom. The van der Waals surface area contributed by atoms with Crippen molar-refractivity contribution in [3.63, 3.8) is 0 Å². The Labute approximate surface area is 127 Å². The third kappa shape index (κ3) is 2.26. The molecule has 2 heterocycles. The highest BCUT2D eigenvalue weighted by atomic mass is 16.3.